The minimum Gasteiger partial charge on any atom is -0.492 e. The maximum Gasteiger partial charge on any atom is 0.301 e. The molecule has 6 nitrogen and oxygen atoms in total. The Labute approximate surface area is 120 Å². The number of hydrogen-bond acceptors (Lipinski definition) is 4. The molecule has 3 N–H and O–H groups in total. The van der Waals surface area contributed by atoms with Gasteiger partial charge in [0.15, 0.2) is 0 Å². The Morgan fingerprint density at radius 3 is 2.40 bits per heavy atom. The van der Waals surface area contributed by atoms with Crippen LogP contribution < -0.4 is 15.2 Å². The highest BCUT2D eigenvalue weighted by atomic mass is 32.2. The van der Waals surface area contributed by atoms with Gasteiger partial charge in [0.2, 0.25) is 0 Å². The Hall–Kier alpha value is -1.31. The normalized spacial score (nSPS) is 16.9. The van der Waals surface area contributed by atoms with Crippen LogP contribution in [0.2, 0.25) is 0 Å². The Morgan fingerprint density at radius 2 is 1.80 bits per heavy atom. The zero-order valence-corrected chi connectivity index (χ0v) is 12.2. The smallest absolute Gasteiger partial charge is 0.301 e. The van der Waals surface area contributed by atoms with Crippen LogP contribution in [-0.4, -0.2) is 39.0 Å². The van der Waals surface area contributed by atoms with Crippen molar-refractivity contribution in [3.63, 3.8) is 0 Å². The van der Waals surface area contributed by atoms with Crippen molar-refractivity contribution in [2.45, 2.75) is 19.3 Å². The molecule has 1 fully saturated rings. The monoisotopic (exact) mass is 299 g/mol. The summed E-state index contributed by atoms with van der Waals surface area (Å²) in [5.74, 6) is 0.677. The summed E-state index contributed by atoms with van der Waals surface area (Å²) in [5.41, 5.74) is 5.89. The SMILES string of the molecule is NCCOc1ccc(NS(=O)(=O)N2CCCCC2)cc1. The number of anilines is 1. The van der Waals surface area contributed by atoms with Gasteiger partial charge >= 0.3 is 10.2 Å². The lowest BCUT2D eigenvalue weighted by atomic mass is 10.2. The van der Waals surface area contributed by atoms with Crippen molar-refractivity contribution in [1.82, 2.24) is 4.31 Å². The van der Waals surface area contributed by atoms with Crippen LogP contribution in [0.25, 0.3) is 0 Å². The molecule has 1 saturated heterocycles. The first-order chi connectivity index (χ1) is 9.62. The van der Waals surface area contributed by atoms with Crippen LogP contribution in [0.4, 0.5) is 5.69 Å². The van der Waals surface area contributed by atoms with Gasteiger partial charge in [-0.3, -0.25) is 4.72 Å². The second kappa shape index (κ2) is 6.92. The van der Waals surface area contributed by atoms with Gasteiger partial charge in [-0.25, -0.2) is 0 Å². The van der Waals surface area contributed by atoms with E-state index in [0.717, 1.165) is 19.3 Å². The van der Waals surface area contributed by atoms with Crippen molar-refractivity contribution >= 4 is 15.9 Å². The summed E-state index contributed by atoms with van der Waals surface area (Å²) in [6.07, 6.45) is 2.94. The van der Waals surface area contributed by atoms with Crippen LogP contribution in [0, 0.1) is 0 Å². The first-order valence-electron chi connectivity index (χ1n) is 6.82. The highest BCUT2D eigenvalue weighted by molar-refractivity contribution is 7.90. The predicted octanol–water partition coefficient (Wildman–Crippen LogP) is 1.17. The van der Waals surface area contributed by atoms with E-state index in [2.05, 4.69) is 4.72 Å². The van der Waals surface area contributed by atoms with Crippen LogP contribution in [0.3, 0.4) is 0 Å². The quantitative estimate of drug-likeness (QED) is 0.825. The lowest BCUT2D eigenvalue weighted by molar-refractivity contribution is 0.328. The third kappa shape index (κ3) is 4.09. The van der Waals surface area contributed by atoms with Crippen LogP contribution in [0.1, 0.15) is 19.3 Å². The van der Waals surface area contributed by atoms with Gasteiger partial charge < -0.3 is 10.5 Å². The summed E-state index contributed by atoms with van der Waals surface area (Å²) in [5, 5.41) is 0. The first kappa shape index (κ1) is 15.1. The van der Waals surface area contributed by atoms with Gasteiger partial charge in [-0.05, 0) is 37.1 Å². The summed E-state index contributed by atoms with van der Waals surface area (Å²) >= 11 is 0. The molecule has 1 aromatic rings. The lowest BCUT2D eigenvalue weighted by Gasteiger charge is -2.26. The molecule has 0 amide bonds. The van der Waals surface area contributed by atoms with Gasteiger partial charge in [-0.2, -0.15) is 12.7 Å². The Bertz CT molecular complexity index is 510. The Morgan fingerprint density at radius 1 is 1.15 bits per heavy atom. The second-order valence-corrected chi connectivity index (χ2v) is 6.40. The number of benzene rings is 1. The number of ether oxygens (including phenoxy) is 1. The molecule has 0 aliphatic carbocycles. The average molecular weight is 299 g/mol. The van der Waals surface area contributed by atoms with Crippen molar-refractivity contribution in [3.8, 4) is 5.75 Å². The number of nitrogens with two attached hydrogens (primary N) is 1. The number of nitrogens with zero attached hydrogens (tertiary/aromatic N) is 1. The molecule has 0 atom stereocenters. The van der Waals surface area contributed by atoms with Crippen LogP contribution in [0.5, 0.6) is 5.75 Å². The summed E-state index contributed by atoms with van der Waals surface area (Å²) in [4.78, 5) is 0. The third-order valence-electron chi connectivity index (χ3n) is 3.14. The average Bonchev–Trinajstić information content (AvgIpc) is 2.47. The van der Waals surface area contributed by atoms with Crippen molar-refractivity contribution in [1.29, 1.82) is 0 Å². The minimum atomic E-state index is -3.44. The highest BCUT2D eigenvalue weighted by Crippen LogP contribution is 2.19. The van der Waals surface area contributed by atoms with Gasteiger partial charge in [-0.1, -0.05) is 6.42 Å². The van der Waals surface area contributed by atoms with Gasteiger partial charge in [0.25, 0.3) is 0 Å². The van der Waals surface area contributed by atoms with Crippen LogP contribution in [0.15, 0.2) is 24.3 Å². The van der Waals surface area contributed by atoms with E-state index in [4.69, 9.17) is 10.5 Å². The van der Waals surface area contributed by atoms with E-state index in [-0.39, 0.29) is 0 Å². The maximum atomic E-state index is 12.2. The zero-order valence-electron chi connectivity index (χ0n) is 11.4. The molecule has 1 aromatic carbocycles. The van der Waals surface area contributed by atoms with Gasteiger partial charge in [0.05, 0.1) is 5.69 Å². The van der Waals surface area contributed by atoms with E-state index in [9.17, 15) is 8.42 Å². The predicted molar refractivity (Wildman–Crippen MR) is 79.0 cm³/mol. The molecule has 0 bridgehead atoms. The molecule has 2 rings (SSSR count). The number of rotatable bonds is 6. The fourth-order valence-electron chi connectivity index (χ4n) is 2.11. The molecule has 0 saturated carbocycles. The van der Waals surface area contributed by atoms with Gasteiger partial charge in [0.1, 0.15) is 12.4 Å². The second-order valence-electron chi connectivity index (χ2n) is 4.73. The van der Waals surface area contributed by atoms with Crippen LogP contribution >= 0.6 is 0 Å². The van der Waals surface area contributed by atoms with Crippen LogP contribution in [-0.2, 0) is 10.2 Å². The molecule has 20 heavy (non-hydrogen) atoms. The van der Waals surface area contributed by atoms with E-state index < -0.39 is 10.2 Å². The topological polar surface area (TPSA) is 84.7 Å². The molecule has 0 unspecified atom stereocenters. The van der Waals surface area contributed by atoms with E-state index >= 15 is 0 Å². The van der Waals surface area contributed by atoms with E-state index in [0.29, 0.717) is 37.7 Å². The molecule has 0 spiro atoms. The largest absolute Gasteiger partial charge is 0.492 e. The summed E-state index contributed by atoms with van der Waals surface area (Å²) in [6, 6.07) is 6.83. The fourth-order valence-corrected chi connectivity index (χ4v) is 3.42. The Balaban J connectivity index is 1.98. The Kier molecular flexibility index (Phi) is 5.22. The molecular weight excluding hydrogens is 278 g/mol. The molecule has 1 heterocycles. The number of piperidine rings is 1. The summed E-state index contributed by atoms with van der Waals surface area (Å²) < 4.78 is 33.8. The number of nitrogens with one attached hydrogen (secondary N) is 1. The van der Waals surface area contributed by atoms with E-state index in [1.807, 2.05) is 0 Å². The van der Waals surface area contributed by atoms with Crippen molar-refractivity contribution in [3.05, 3.63) is 24.3 Å². The molecule has 7 heteroatoms. The molecule has 0 aromatic heterocycles. The van der Waals surface area contributed by atoms with E-state index in [1.165, 1.54) is 4.31 Å². The lowest BCUT2D eigenvalue weighted by Crippen LogP contribution is -2.39. The zero-order chi connectivity index (χ0) is 14.4. The van der Waals surface area contributed by atoms with Gasteiger partial charge in [0, 0.05) is 19.6 Å². The molecule has 1 aliphatic rings. The highest BCUT2D eigenvalue weighted by Gasteiger charge is 2.23. The minimum absolute atomic E-state index is 0.443. The summed E-state index contributed by atoms with van der Waals surface area (Å²) in [6.45, 7) is 2.07. The molecule has 112 valence electrons. The standard InChI is InChI=1S/C13H21N3O3S/c14-8-11-19-13-6-4-12(5-7-13)15-20(17,18)16-9-2-1-3-10-16/h4-7,15H,1-3,8-11,14H2. The molecular formula is C13H21N3O3S. The third-order valence-corrected chi connectivity index (χ3v) is 4.68. The van der Waals surface area contributed by atoms with Crippen molar-refractivity contribution in [2.24, 2.45) is 5.73 Å². The summed E-state index contributed by atoms with van der Waals surface area (Å²) in [7, 11) is -3.44. The first-order valence-corrected chi connectivity index (χ1v) is 8.26. The van der Waals surface area contributed by atoms with Gasteiger partial charge in [-0.15, -0.1) is 0 Å². The van der Waals surface area contributed by atoms with Crippen molar-refractivity contribution < 1.29 is 13.2 Å². The maximum absolute atomic E-state index is 12.2. The van der Waals surface area contributed by atoms with Crippen molar-refractivity contribution in [2.75, 3.05) is 31.0 Å². The fraction of sp³-hybridized carbons (Fsp3) is 0.538. The molecule has 1 aliphatic heterocycles. The van der Waals surface area contributed by atoms with E-state index in [1.54, 1.807) is 24.3 Å². The molecule has 0 radical (unpaired) electrons. The number of hydrogen-bond donors (Lipinski definition) is 2.